The van der Waals surface area contributed by atoms with Crippen molar-refractivity contribution in [2.75, 3.05) is 26.3 Å². The van der Waals surface area contributed by atoms with Crippen LogP contribution in [0.1, 0.15) is 30.1 Å². The minimum atomic E-state index is 0.0151. The number of nitrogens with zero attached hydrogens (tertiary/aromatic N) is 1. The van der Waals surface area contributed by atoms with Gasteiger partial charge < -0.3 is 4.74 Å². The van der Waals surface area contributed by atoms with Gasteiger partial charge in [-0.05, 0) is 6.42 Å². The molecule has 3 nitrogen and oxygen atoms in total. The molecule has 18 heavy (non-hydrogen) atoms. The summed E-state index contributed by atoms with van der Waals surface area (Å²) in [5, 5.41) is 0. The third-order valence-corrected chi connectivity index (χ3v) is 3.41. The van der Waals surface area contributed by atoms with Gasteiger partial charge in [0.2, 0.25) is 0 Å². The Morgan fingerprint density at radius 1 is 1.28 bits per heavy atom. The van der Waals surface area contributed by atoms with Gasteiger partial charge in [0.25, 0.3) is 0 Å². The van der Waals surface area contributed by atoms with Gasteiger partial charge in [0.15, 0.2) is 5.78 Å². The highest BCUT2D eigenvalue weighted by Gasteiger charge is 2.27. The fourth-order valence-electron chi connectivity index (χ4n) is 2.44. The van der Waals surface area contributed by atoms with E-state index in [0.29, 0.717) is 0 Å². The SMILES string of the molecule is CCCC(C(=O)c1ccccc1)N1CCOCC1. The largest absolute Gasteiger partial charge is 0.379 e. The van der Waals surface area contributed by atoms with Crippen molar-refractivity contribution in [3.05, 3.63) is 35.9 Å². The predicted octanol–water partition coefficient (Wildman–Crippen LogP) is 2.37. The lowest BCUT2D eigenvalue weighted by Gasteiger charge is -2.33. The summed E-state index contributed by atoms with van der Waals surface area (Å²) in [4.78, 5) is 14.8. The van der Waals surface area contributed by atoms with Crippen molar-refractivity contribution in [1.82, 2.24) is 4.90 Å². The summed E-state index contributed by atoms with van der Waals surface area (Å²) >= 11 is 0. The van der Waals surface area contributed by atoms with Crippen LogP contribution in [0.4, 0.5) is 0 Å². The van der Waals surface area contributed by atoms with E-state index in [1.165, 1.54) is 0 Å². The fraction of sp³-hybridized carbons (Fsp3) is 0.533. The number of hydrogen-bond donors (Lipinski definition) is 0. The Balaban J connectivity index is 2.11. The maximum Gasteiger partial charge on any atom is 0.179 e. The Labute approximate surface area is 109 Å². The molecule has 1 heterocycles. The van der Waals surface area contributed by atoms with E-state index in [9.17, 15) is 4.79 Å². The average Bonchev–Trinajstić information content (AvgIpc) is 2.46. The molecule has 0 amide bonds. The Bertz CT molecular complexity index is 371. The maximum atomic E-state index is 12.6. The molecule has 0 saturated carbocycles. The quantitative estimate of drug-likeness (QED) is 0.748. The highest BCUT2D eigenvalue weighted by atomic mass is 16.5. The van der Waals surface area contributed by atoms with Crippen molar-refractivity contribution in [3.63, 3.8) is 0 Å². The summed E-state index contributed by atoms with van der Waals surface area (Å²) < 4.78 is 5.36. The summed E-state index contributed by atoms with van der Waals surface area (Å²) in [6.45, 7) is 5.34. The van der Waals surface area contributed by atoms with Gasteiger partial charge in [0.1, 0.15) is 0 Å². The Morgan fingerprint density at radius 3 is 2.56 bits per heavy atom. The Hall–Kier alpha value is -1.19. The van der Waals surface area contributed by atoms with E-state index in [1.807, 2.05) is 30.3 Å². The first-order chi connectivity index (χ1) is 8.83. The molecular weight excluding hydrogens is 226 g/mol. The van der Waals surface area contributed by atoms with Crippen LogP contribution in [0.3, 0.4) is 0 Å². The van der Waals surface area contributed by atoms with E-state index in [2.05, 4.69) is 11.8 Å². The Kier molecular flexibility index (Phi) is 4.90. The second-order valence-corrected chi connectivity index (χ2v) is 4.68. The Morgan fingerprint density at radius 2 is 1.94 bits per heavy atom. The van der Waals surface area contributed by atoms with Crippen LogP contribution in [-0.2, 0) is 4.74 Å². The smallest absolute Gasteiger partial charge is 0.179 e. The van der Waals surface area contributed by atoms with E-state index in [4.69, 9.17) is 4.74 Å². The number of ketones is 1. The van der Waals surface area contributed by atoms with Gasteiger partial charge in [-0.25, -0.2) is 0 Å². The fourth-order valence-corrected chi connectivity index (χ4v) is 2.44. The van der Waals surface area contributed by atoms with Gasteiger partial charge in [-0.2, -0.15) is 0 Å². The van der Waals surface area contributed by atoms with Crippen molar-refractivity contribution in [2.45, 2.75) is 25.8 Å². The van der Waals surface area contributed by atoms with Gasteiger partial charge in [0.05, 0.1) is 19.3 Å². The van der Waals surface area contributed by atoms with Crippen molar-refractivity contribution in [2.24, 2.45) is 0 Å². The van der Waals surface area contributed by atoms with E-state index >= 15 is 0 Å². The molecule has 0 spiro atoms. The zero-order chi connectivity index (χ0) is 12.8. The molecule has 1 fully saturated rings. The predicted molar refractivity (Wildman–Crippen MR) is 71.9 cm³/mol. The van der Waals surface area contributed by atoms with Crippen molar-refractivity contribution in [1.29, 1.82) is 0 Å². The van der Waals surface area contributed by atoms with Gasteiger partial charge in [-0.1, -0.05) is 43.7 Å². The summed E-state index contributed by atoms with van der Waals surface area (Å²) in [7, 11) is 0. The molecule has 98 valence electrons. The minimum absolute atomic E-state index is 0.0151. The van der Waals surface area contributed by atoms with Crippen LogP contribution in [0.15, 0.2) is 30.3 Å². The first-order valence-electron chi connectivity index (χ1n) is 6.74. The van der Waals surface area contributed by atoms with Gasteiger partial charge >= 0.3 is 0 Å². The lowest BCUT2D eigenvalue weighted by molar-refractivity contribution is 0.0160. The number of carbonyl (C=O) groups is 1. The first kappa shape index (κ1) is 13.2. The monoisotopic (exact) mass is 247 g/mol. The van der Waals surface area contributed by atoms with E-state index < -0.39 is 0 Å². The summed E-state index contributed by atoms with van der Waals surface area (Å²) in [6, 6.07) is 9.63. The molecule has 0 aromatic heterocycles. The van der Waals surface area contributed by atoms with Gasteiger partial charge in [-0.3, -0.25) is 9.69 Å². The molecule has 3 heteroatoms. The second-order valence-electron chi connectivity index (χ2n) is 4.68. The van der Waals surface area contributed by atoms with Gasteiger partial charge in [0, 0.05) is 18.7 Å². The van der Waals surface area contributed by atoms with Crippen molar-refractivity contribution in [3.8, 4) is 0 Å². The number of Topliss-reactive ketones (excluding diaryl/α,β-unsaturated/α-hetero) is 1. The van der Waals surface area contributed by atoms with Crippen LogP contribution < -0.4 is 0 Å². The molecule has 1 unspecified atom stereocenters. The van der Waals surface area contributed by atoms with E-state index in [0.717, 1.165) is 44.7 Å². The number of benzene rings is 1. The number of carbonyl (C=O) groups excluding carboxylic acids is 1. The zero-order valence-corrected chi connectivity index (χ0v) is 11.0. The highest BCUT2D eigenvalue weighted by Crippen LogP contribution is 2.15. The van der Waals surface area contributed by atoms with Crippen LogP contribution >= 0.6 is 0 Å². The zero-order valence-electron chi connectivity index (χ0n) is 11.0. The molecule has 0 bridgehead atoms. The molecule has 1 atom stereocenters. The molecule has 1 saturated heterocycles. The first-order valence-corrected chi connectivity index (χ1v) is 6.74. The molecule has 1 aliphatic rings. The third-order valence-electron chi connectivity index (χ3n) is 3.41. The van der Waals surface area contributed by atoms with Gasteiger partial charge in [-0.15, -0.1) is 0 Å². The standard InChI is InChI=1S/C15H21NO2/c1-2-6-14(16-9-11-18-12-10-16)15(17)13-7-4-3-5-8-13/h3-5,7-8,14H,2,6,9-12H2,1H3. The van der Waals surface area contributed by atoms with Crippen LogP contribution in [0.25, 0.3) is 0 Å². The molecule has 1 aliphatic heterocycles. The molecule has 1 aromatic carbocycles. The number of ether oxygens (including phenoxy) is 1. The van der Waals surface area contributed by atoms with Crippen LogP contribution in [0.5, 0.6) is 0 Å². The highest BCUT2D eigenvalue weighted by molar-refractivity contribution is 6.00. The molecule has 0 radical (unpaired) electrons. The number of rotatable bonds is 5. The van der Waals surface area contributed by atoms with Crippen molar-refractivity contribution < 1.29 is 9.53 Å². The van der Waals surface area contributed by atoms with E-state index in [1.54, 1.807) is 0 Å². The van der Waals surface area contributed by atoms with E-state index in [-0.39, 0.29) is 11.8 Å². The number of hydrogen-bond acceptors (Lipinski definition) is 3. The topological polar surface area (TPSA) is 29.5 Å². The summed E-state index contributed by atoms with van der Waals surface area (Å²) in [6.07, 6.45) is 1.95. The van der Waals surface area contributed by atoms with Crippen LogP contribution in [0, 0.1) is 0 Å². The summed E-state index contributed by atoms with van der Waals surface area (Å²) in [5.74, 6) is 0.249. The normalized spacial score (nSPS) is 18.5. The second kappa shape index (κ2) is 6.66. The average molecular weight is 247 g/mol. The van der Waals surface area contributed by atoms with Crippen LogP contribution in [-0.4, -0.2) is 43.0 Å². The minimum Gasteiger partial charge on any atom is -0.379 e. The third kappa shape index (κ3) is 3.18. The molecule has 2 rings (SSSR count). The summed E-state index contributed by atoms with van der Waals surface area (Å²) in [5.41, 5.74) is 0.822. The molecule has 0 aliphatic carbocycles. The number of morpholine rings is 1. The molecule has 1 aromatic rings. The lowest BCUT2D eigenvalue weighted by atomic mass is 9.98. The van der Waals surface area contributed by atoms with Crippen molar-refractivity contribution >= 4 is 5.78 Å². The maximum absolute atomic E-state index is 12.6. The van der Waals surface area contributed by atoms with Crippen LogP contribution in [0.2, 0.25) is 0 Å². The molecule has 0 N–H and O–H groups in total. The lowest BCUT2D eigenvalue weighted by Crippen LogP contribution is -2.47. The molecular formula is C15H21NO2.